The van der Waals surface area contributed by atoms with Crippen molar-refractivity contribution in [2.45, 2.75) is 26.6 Å². The highest BCUT2D eigenvalue weighted by molar-refractivity contribution is 7.88. The van der Waals surface area contributed by atoms with Crippen LogP contribution in [-0.4, -0.2) is 69.4 Å². The lowest BCUT2D eigenvalue weighted by Crippen LogP contribution is -2.48. The van der Waals surface area contributed by atoms with Crippen molar-refractivity contribution < 1.29 is 8.42 Å². The molecule has 3 heterocycles. The summed E-state index contributed by atoms with van der Waals surface area (Å²) in [5.41, 5.74) is 0.986. The maximum Gasteiger partial charge on any atom is 0.211 e. The van der Waals surface area contributed by atoms with Crippen LogP contribution in [0, 0.1) is 4.77 Å². The number of hydrogen-bond donors (Lipinski definition) is 0. The summed E-state index contributed by atoms with van der Waals surface area (Å²) < 4.78 is 29.4. The molecule has 0 saturated carbocycles. The van der Waals surface area contributed by atoms with Crippen molar-refractivity contribution in [1.29, 1.82) is 0 Å². The predicted octanol–water partition coefficient (Wildman–Crippen LogP) is 1.42. The molecule has 26 heavy (non-hydrogen) atoms. The van der Waals surface area contributed by atoms with Crippen molar-refractivity contribution in [3.05, 3.63) is 29.3 Å². The summed E-state index contributed by atoms with van der Waals surface area (Å²) in [4.78, 5) is 6.24. The van der Waals surface area contributed by atoms with Crippen LogP contribution in [0.1, 0.15) is 13.3 Å². The Bertz CT molecular complexity index is 899. The molecule has 1 aliphatic rings. The minimum Gasteiger partial charge on any atom is -0.300 e. The van der Waals surface area contributed by atoms with Crippen molar-refractivity contribution in [3.8, 4) is 11.4 Å². The highest BCUT2D eigenvalue weighted by Gasteiger charge is 2.24. The van der Waals surface area contributed by atoms with Gasteiger partial charge >= 0.3 is 0 Å². The molecule has 1 aliphatic heterocycles. The fourth-order valence-corrected chi connectivity index (χ4v) is 4.17. The molecule has 0 radical (unpaired) electrons. The fraction of sp³-hybridized carbons (Fsp3) is 0.562. The van der Waals surface area contributed by atoms with Crippen LogP contribution in [0.15, 0.2) is 24.5 Å². The molecule has 0 bridgehead atoms. The van der Waals surface area contributed by atoms with Gasteiger partial charge in [0.1, 0.15) is 0 Å². The van der Waals surface area contributed by atoms with Gasteiger partial charge in [0.25, 0.3) is 0 Å². The van der Waals surface area contributed by atoms with Gasteiger partial charge in [-0.2, -0.15) is 9.40 Å². The molecule has 8 nitrogen and oxygen atoms in total. The standard InChI is InChI=1S/C16H24N6O2S2/c1-3-8-21-15(14-4-6-17-7-5-14)18-22(16(21)25)13-19-9-11-20(12-10-19)26(2,23)24/h4-7H,3,8-13H2,1-2H3. The molecule has 1 saturated heterocycles. The summed E-state index contributed by atoms with van der Waals surface area (Å²) in [7, 11) is -3.12. The number of hydrogen-bond acceptors (Lipinski definition) is 6. The Morgan fingerprint density at radius 1 is 1.15 bits per heavy atom. The van der Waals surface area contributed by atoms with Crippen LogP contribution in [0.25, 0.3) is 11.4 Å². The Morgan fingerprint density at radius 2 is 1.81 bits per heavy atom. The van der Waals surface area contributed by atoms with E-state index in [9.17, 15) is 8.42 Å². The molecule has 10 heteroatoms. The maximum absolute atomic E-state index is 11.6. The average molecular weight is 397 g/mol. The molecular formula is C16H24N6O2S2. The van der Waals surface area contributed by atoms with E-state index in [1.807, 2.05) is 16.8 Å². The van der Waals surface area contributed by atoms with Gasteiger partial charge in [0.2, 0.25) is 10.0 Å². The SMILES string of the molecule is CCCn1c(-c2ccncc2)nn(CN2CCN(S(C)(=O)=O)CC2)c1=S. The molecule has 0 unspecified atom stereocenters. The van der Waals surface area contributed by atoms with E-state index < -0.39 is 10.0 Å². The first-order valence-corrected chi connectivity index (χ1v) is 10.9. The van der Waals surface area contributed by atoms with Gasteiger partial charge in [-0.05, 0) is 30.8 Å². The van der Waals surface area contributed by atoms with Crippen LogP contribution in [0.3, 0.4) is 0 Å². The Labute approximate surface area is 159 Å². The Balaban J connectivity index is 1.80. The zero-order chi connectivity index (χ0) is 18.7. The number of nitrogens with zero attached hydrogens (tertiary/aromatic N) is 6. The molecular weight excluding hydrogens is 372 g/mol. The Kier molecular flexibility index (Phi) is 5.86. The molecule has 2 aromatic rings. The van der Waals surface area contributed by atoms with E-state index in [2.05, 4.69) is 21.4 Å². The molecule has 142 valence electrons. The van der Waals surface area contributed by atoms with E-state index in [1.54, 1.807) is 12.4 Å². The van der Waals surface area contributed by atoms with Crippen molar-refractivity contribution in [3.63, 3.8) is 0 Å². The maximum atomic E-state index is 11.6. The third-order valence-corrected chi connectivity index (χ3v) is 6.18. The minimum atomic E-state index is -3.12. The van der Waals surface area contributed by atoms with Crippen molar-refractivity contribution in [2.75, 3.05) is 32.4 Å². The zero-order valence-electron chi connectivity index (χ0n) is 15.1. The summed E-state index contributed by atoms with van der Waals surface area (Å²) in [6.45, 7) is 5.81. The quantitative estimate of drug-likeness (QED) is 0.688. The van der Waals surface area contributed by atoms with Gasteiger partial charge in [0.05, 0.1) is 12.9 Å². The second-order valence-electron chi connectivity index (χ2n) is 6.41. The van der Waals surface area contributed by atoms with Gasteiger partial charge in [-0.25, -0.2) is 13.1 Å². The molecule has 2 aromatic heterocycles. The fourth-order valence-electron chi connectivity index (χ4n) is 3.06. The first kappa shape index (κ1) is 19.2. The monoisotopic (exact) mass is 396 g/mol. The van der Waals surface area contributed by atoms with Gasteiger partial charge < -0.3 is 0 Å². The number of rotatable bonds is 6. The van der Waals surface area contributed by atoms with Crippen molar-refractivity contribution in [1.82, 2.24) is 28.5 Å². The van der Waals surface area contributed by atoms with Crippen LogP contribution >= 0.6 is 12.2 Å². The first-order chi connectivity index (χ1) is 12.4. The lowest BCUT2D eigenvalue weighted by molar-refractivity contribution is 0.145. The predicted molar refractivity (Wildman–Crippen MR) is 103 cm³/mol. The number of piperazine rings is 1. The van der Waals surface area contributed by atoms with E-state index in [-0.39, 0.29) is 0 Å². The topological polar surface area (TPSA) is 76.3 Å². The normalized spacial score (nSPS) is 16.8. The number of sulfonamides is 1. The van der Waals surface area contributed by atoms with Gasteiger partial charge in [-0.15, -0.1) is 0 Å². The van der Waals surface area contributed by atoms with Crippen LogP contribution < -0.4 is 0 Å². The highest BCUT2D eigenvalue weighted by Crippen LogP contribution is 2.18. The molecule has 0 amide bonds. The molecule has 0 N–H and O–H groups in total. The molecule has 0 atom stereocenters. The van der Waals surface area contributed by atoms with Gasteiger partial charge in [0.15, 0.2) is 10.6 Å². The highest BCUT2D eigenvalue weighted by atomic mass is 32.2. The van der Waals surface area contributed by atoms with Crippen LogP contribution in [0.2, 0.25) is 0 Å². The van der Waals surface area contributed by atoms with Crippen molar-refractivity contribution in [2.24, 2.45) is 0 Å². The smallest absolute Gasteiger partial charge is 0.211 e. The van der Waals surface area contributed by atoms with E-state index >= 15 is 0 Å². The Hall–Kier alpha value is -1.62. The van der Waals surface area contributed by atoms with Gasteiger partial charge in [-0.1, -0.05) is 6.92 Å². The lowest BCUT2D eigenvalue weighted by Gasteiger charge is -2.32. The zero-order valence-corrected chi connectivity index (χ0v) is 16.7. The molecule has 0 spiro atoms. The lowest BCUT2D eigenvalue weighted by atomic mass is 10.2. The van der Waals surface area contributed by atoms with Crippen LogP contribution in [-0.2, 0) is 23.2 Å². The molecule has 0 aromatic carbocycles. The van der Waals surface area contributed by atoms with E-state index in [1.165, 1.54) is 10.6 Å². The summed E-state index contributed by atoms with van der Waals surface area (Å²) in [6.07, 6.45) is 5.72. The first-order valence-electron chi connectivity index (χ1n) is 8.65. The van der Waals surface area contributed by atoms with Crippen LogP contribution in [0.4, 0.5) is 0 Å². The summed E-state index contributed by atoms with van der Waals surface area (Å²) >= 11 is 5.64. The van der Waals surface area contributed by atoms with Gasteiger partial charge in [-0.3, -0.25) is 14.5 Å². The van der Waals surface area contributed by atoms with Crippen LogP contribution in [0.5, 0.6) is 0 Å². The third-order valence-electron chi connectivity index (χ3n) is 4.44. The average Bonchev–Trinajstić information content (AvgIpc) is 2.92. The summed E-state index contributed by atoms with van der Waals surface area (Å²) in [6, 6.07) is 3.86. The minimum absolute atomic E-state index is 0.499. The third kappa shape index (κ3) is 4.20. The summed E-state index contributed by atoms with van der Waals surface area (Å²) in [5.74, 6) is 0.842. The molecule has 1 fully saturated rings. The van der Waals surface area contributed by atoms with E-state index in [4.69, 9.17) is 17.3 Å². The number of pyridine rings is 1. The second kappa shape index (κ2) is 7.95. The van der Waals surface area contributed by atoms with E-state index in [0.29, 0.717) is 37.6 Å². The molecule has 0 aliphatic carbocycles. The molecule has 3 rings (SSSR count). The summed E-state index contributed by atoms with van der Waals surface area (Å²) in [5, 5.41) is 4.73. The van der Waals surface area contributed by atoms with Gasteiger partial charge in [0, 0.05) is 50.7 Å². The van der Waals surface area contributed by atoms with E-state index in [0.717, 1.165) is 24.4 Å². The largest absolute Gasteiger partial charge is 0.300 e. The second-order valence-corrected chi connectivity index (χ2v) is 8.76. The number of aromatic nitrogens is 4. The Morgan fingerprint density at radius 3 is 2.38 bits per heavy atom. The van der Waals surface area contributed by atoms with Crippen molar-refractivity contribution >= 4 is 22.2 Å².